The van der Waals surface area contributed by atoms with Gasteiger partial charge < -0.3 is 14.2 Å². The SMILES string of the molecule is COc1ccc([C@@H]2CC(=O)C3C(=NC(C)=C(C(=O)OC(C)C)[C@H]3c3ccccc3C)C2)cc1OC. The van der Waals surface area contributed by atoms with Crippen LogP contribution in [0.1, 0.15) is 62.1 Å². The van der Waals surface area contributed by atoms with Gasteiger partial charge in [-0.1, -0.05) is 30.3 Å². The highest BCUT2D eigenvalue weighted by Crippen LogP contribution is 2.47. The Morgan fingerprint density at radius 1 is 0.971 bits per heavy atom. The highest BCUT2D eigenvalue weighted by molar-refractivity contribution is 6.12. The minimum absolute atomic E-state index is 0.0215. The monoisotopic (exact) mass is 475 g/mol. The third-order valence-corrected chi connectivity index (χ3v) is 6.92. The first-order valence-electron chi connectivity index (χ1n) is 12.0. The third-order valence-electron chi connectivity index (χ3n) is 6.92. The van der Waals surface area contributed by atoms with Crippen molar-refractivity contribution < 1.29 is 23.8 Å². The summed E-state index contributed by atoms with van der Waals surface area (Å²) in [5, 5.41) is 0. The Morgan fingerprint density at radius 3 is 2.34 bits per heavy atom. The molecule has 1 unspecified atom stereocenters. The molecule has 184 valence electrons. The Morgan fingerprint density at radius 2 is 1.69 bits per heavy atom. The van der Waals surface area contributed by atoms with Gasteiger partial charge in [0.1, 0.15) is 5.78 Å². The Labute approximate surface area is 207 Å². The lowest BCUT2D eigenvalue weighted by Crippen LogP contribution is -2.41. The Hall–Kier alpha value is -3.41. The first-order chi connectivity index (χ1) is 16.7. The van der Waals surface area contributed by atoms with Crippen LogP contribution >= 0.6 is 0 Å². The highest BCUT2D eigenvalue weighted by Gasteiger charge is 2.46. The predicted molar refractivity (Wildman–Crippen MR) is 135 cm³/mol. The van der Waals surface area contributed by atoms with E-state index in [0.29, 0.717) is 35.6 Å². The Balaban J connectivity index is 1.78. The molecular formula is C29H33NO5. The maximum atomic E-state index is 13.8. The third kappa shape index (κ3) is 4.75. The second-order valence-electron chi connectivity index (χ2n) is 9.55. The number of ether oxygens (including phenoxy) is 3. The number of ketones is 1. The molecule has 2 aromatic carbocycles. The molecule has 0 saturated heterocycles. The van der Waals surface area contributed by atoms with Crippen LogP contribution in [-0.4, -0.2) is 37.8 Å². The zero-order valence-electron chi connectivity index (χ0n) is 21.3. The minimum atomic E-state index is -0.481. The number of hydrogen-bond acceptors (Lipinski definition) is 6. The summed E-state index contributed by atoms with van der Waals surface area (Å²) in [6.07, 6.45) is 0.743. The number of aliphatic imine (C=N–C) groups is 1. The molecule has 0 spiro atoms. The molecule has 0 N–H and O–H groups in total. The number of carbonyl (C=O) groups is 2. The summed E-state index contributed by atoms with van der Waals surface area (Å²) in [6.45, 7) is 7.51. The van der Waals surface area contributed by atoms with Crippen LogP contribution < -0.4 is 9.47 Å². The van der Waals surface area contributed by atoms with E-state index in [-0.39, 0.29) is 17.8 Å². The molecule has 0 amide bonds. The van der Waals surface area contributed by atoms with Gasteiger partial charge in [-0.25, -0.2) is 4.79 Å². The molecule has 3 atom stereocenters. The number of hydrogen-bond donors (Lipinski definition) is 0. The van der Waals surface area contributed by atoms with Crippen LogP contribution in [0.2, 0.25) is 0 Å². The Kier molecular flexibility index (Phi) is 7.10. The number of fused-ring (bicyclic) bond motifs is 1. The minimum Gasteiger partial charge on any atom is -0.493 e. The van der Waals surface area contributed by atoms with Crippen LogP contribution in [0, 0.1) is 12.8 Å². The predicted octanol–water partition coefficient (Wildman–Crippen LogP) is 5.54. The van der Waals surface area contributed by atoms with Gasteiger partial charge in [-0.05, 0) is 68.9 Å². The van der Waals surface area contributed by atoms with Crippen LogP contribution in [0.15, 0.2) is 58.7 Å². The maximum Gasteiger partial charge on any atom is 0.336 e. The number of nitrogens with zero attached hydrogens (tertiary/aromatic N) is 1. The summed E-state index contributed by atoms with van der Waals surface area (Å²) in [5.74, 6) is 0.0657. The first kappa shape index (κ1) is 24.7. The standard InChI is InChI=1S/C29H33NO5/c1-16(2)35-29(32)26-18(4)30-22-13-20(19-11-12-24(33-5)25(15-19)34-6)14-23(31)28(22)27(26)21-10-8-7-9-17(21)3/h7-12,15-16,20,27-28H,13-14H2,1-6H3/t20-,27+,28?/m0/s1. The van der Waals surface area contributed by atoms with Crippen molar-refractivity contribution in [3.8, 4) is 11.5 Å². The fraction of sp³-hybridized carbons (Fsp3) is 0.414. The van der Waals surface area contributed by atoms with Gasteiger partial charge in [0.15, 0.2) is 11.5 Å². The van der Waals surface area contributed by atoms with E-state index in [0.717, 1.165) is 22.4 Å². The molecule has 0 bridgehead atoms. The number of rotatable bonds is 6. The molecule has 0 radical (unpaired) electrons. The van der Waals surface area contributed by atoms with Gasteiger partial charge in [0.2, 0.25) is 0 Å². The lowest BCUT2D eigenvalue weighted by Gasteiger charge is -2.39. The van der Waals surface area contributed by atoms with Crippen molar-refractivity contribution >= 4 is 17.5 Å². The fourth-order valence-electron chi connectivity index (χ4n) is 5.33. The van der Waals surface area contributed by atoms with Gasteiger partial charge in [0, 0.05) is 23.7 Å². The van der Waals surface area contributed by atoms with Crippen molar-refractivity contribution in [2.24, 2.45) is 10.9 Å². The summed E-state index contributed by atoms with van der Waals surface area (Å²) >= 11 is 0. The van der Waals surface area contributed by atoms with E-state index in [1.807, 2.05) is 70.2 Å². The van der Waals surface area contributed by atoms with E-state index in [4.69, 9.17) is 19.2 Å². The van der Waals surface area contributed by atoms with E-state index < -0.39 is 17.8 Å². The largest absolute Gasteiger partial charge is 0.493 e. The molecule has 4 rings (SSSR count). The van der Waals surface area contributed by atoms with Gasteiger partial charge in [0.05, 0.1) is 31.8 Å². The lowest BCUT2D eigenvalue weighted by molar-refractivity contribution is -0.143. The second kappa shape index (κ2) is 10.1. The van der Waals surface area contributed by atoms with E-state index in [9.17, 15) is 9.59 Å². The van der Waals surface area contributed by atoms with Crippen molar-refractivity contribution in [3.05, 3.63) is 70.4 Å². The number of methoxy groups -OCH3 is 2. The zero-order valence-corrected chi connectivity index (χ0v) is 21.3. The summed E-state index contributed by atoms with van der Waals surface area (Å²) in [4.78, 5) is 31.8. The van der Waals surface area contributed by atoms with Crippen LogP contribution in [0.5, 0.6) is 11.5 Å². The Bertz CT molecular complexity index is 1210. The quantitative estimate of drug-likeness (QED) is 0.513. The van der Waals surface area contributed by atoms with Gasteiger partial charge in [-0.15, -0.1) is 0 Å². The highest BCUT2D eigenvalue weighted by atomic mass is 16.5. The fourth-order valence-corrected chi connectivity index (χ4v) is 5.33. The second-order valence-corrected chi connectivity index (χ2v) is 9.55. The molecule has 1 heterocycles. The van der Waals surface area contributed by atoms with Crippen LogP contribution in [-0.2, 0) is 14.3 Å². The number of benzene rings is 2. The van der Waals surface area contributed by atoms with Gasteiger partial charge in [-0.3, -0.25) is 9.79 Å². The number of esters is 1. The molecule has 2 aromatic rings. The van der Waals surface area contributed by atoms with Crippen molar-refractivity contribution in [1.29, 1.82) is 0 Å². The average molecular weight is 476 g/mol. The number of allylic oxidation sites excluding steroid dienone is 1. The van der Waals surface area contributed by atoms with Crippen LogP contribution in [0.4, 0.5) is 0 Å². The molecule has 6 heteroatoms. The molecule has 1 saturated carbocycles. The molecule has 0 aromatic heterocycles. The zero-order chi connectivity index (χ0) is 25.3. The first-order valence-corrected chi connectivity index (χ1v) is 12.0. The van der Waals surface area contributed by atoms with Crippen molar-refractivity contribution in [2.45, 2.75) is 58.5 Å². The normalized spacial score (nSPS) is 22.0. The summed E-state index contributed by atoms with van der Waals surface area (Å²) in [5.41, 5.74) is 4.95. The van der Waals surface area contributed by atoms with Crippen molar-refractivity contribution in [3.63, 3.8) is 0 Å². The number of aryl methyl sites for hydroxylation is 1. The van der Waals surface area contributed by atoms with Crippen molar-refractivity contribution in [2.75, 3.05) is 14.2 Å². The van der Waals surface area contributed by atoms with E-state index in [2.05, 4.69) is 0 Å². The topological polar surface area (TPSA) is 74.2 Å². The molecule has 35 heavy (non-hydrogen) atoms. The van der Waals surface area contributed by atoms with E-state index >= 15 is 0 Å². The molecule has 6 nitrogen and oxygen atoms in total. The van der Waals surface area contributed by atoms with Crippen molar-refractivity contribution in [1.82, 2.24) is 0 Å². The smallest absolute Gasteiger partial charge is 0.336 e. The summed E-state index contributed by atoms with van der Waals surface area (Å²) < 4.78 is 16.5. The molecule has 1 fully saturated rings. The number of carbonyl (C=O) groups excluding carboxylic acids is 2. The maximum absolute atomic E-state index is 13.8. The summed E-state index contributed by atoms with van der Waals surface area (Å²) in [7, 11) is 3.21. The summed E-state index contributed by atoms with van der Waals surface area (Å²) in [6, 6.07) is 13.7. The molecule has 2 aliphatic rings. The molecule has 1 aliphatic carbocycles. The van der Waals surface area contributed by atoms with Gasteiger partial charge >= 0.3 is 5.97 Å². The van der Waals surface area contributed by atoms with Gasteiger partial charge in [-0.2, -0.15) is 0 Å². The van der Waals surface area contributed by atoms with Crippen LogP contribution in [0.25, 0.3) is 0 Å². The average Bonchev–Trinajstić information content (AvgIpc) is 2.82. The lowest BCUT2D eigenvalue weighted by atomic mass is 9.65. The van der Waals surface area contributed by atoms with Gasteiger partial charge in [0.25, 0.3) is 0 Å². The van der Waals surface area contributed by atoms with E-state index in [1.54, 1.807) is 14.2 Å². The molecule has 1 aliphatic heterocycles. The molecular weight excluding hydrogens is 442 g/mol. The van der Waals surface area contributed by atoms with E-state index in [1.165, 1.54) is 0 Å². The van der Waals surface area contributed by atoms with Crippen LogP contribution in [0.3, 0.4) is 0 Å². The number of Topliss-reactive ketones (excluding diaryl/α,β-unsaturated/α-hetero) is 1.